The summed E-state index contributed by atoms with van der Waals surface area (Å²) in [6.07, 6.45) is 0. The lowest BCUT2D eigenvalue weighted by atomic mass is 9.87. The van der Waals surface area contributed by atoms with Gasteiger partial charge >= 0.3 is 0 Å². The van der Waals surface area contributed by atoms with E-state index in [0.717, 1.165) is 38.8 Å². The van der Waals surface area contributed by atoms with E-state index in [1.54, 1.807) is 0 Å². The zero-order valence-electron chi connectivity index (χ0n) is 18.0. The molecule has 1 amide bonds. The van der Waals surface area contributed by atoms with Gasteiger partial charge in [0.2, 0.25) is 5.91 Å². The molecule has 1 N–H and O–H groups in total. The van der Waals surface area contributed by atoms with Gasteiger partial charge in [-0.3, -0.25) is 4.79 Å². The Balaban J connectivity index is 1.70. The van der Waals surface area contributed by atoms with Gasteiger partial charge in [0.1, 0.15) is 0 Å². The molecule has 1 aromatic heterocycles. The van der Waals surface area contributed by atoms with E-state index in [2.05, 4.69) is 88.0 Å². The van der Waals surface area contributed by atoms with Crippen molar-refractivity contribution in [1.82, 2.24) is 14.8 Å². The fraction of sp³-hybridized carbons (Fsp3) is 0.348. The van der Waals surface area contributed by atoms with Gasteiger partial charge in [0.15, 0.2) is 11.0 Å². The van der Waals surface area contributed by atoms with E-state index in [4.69, 9.17) is 0 Å². The van der Waals surface area contributed by atoms with Gasteiger partial charge in [0.25, 0.3) is 0 Å². The number of aromatic nitrogens is 3. The predicted molar refractivity (Wildman–Crippen MR) is 128 cm³/mol. The van der Waals surface area contributed by atoms with E-state index >= 15 is 0 Å². The van der Waals surface area contributed by atoms with Crippen molar-refractivity contribution in [3.63, 3.8) is 0 Å². The highest BCUT2D eigenvalue weighted by molar-refractivity contribution is 9.10. The van der Waals surface area contributed by atoms with Crippen molar-refractivity contribution in [1.29, 1.82) is 0 Å². The van der Waals surface area contributed by atoms with Crippen molar-refractivity contribution in [2.24, 2.45) is 0 Å². The molecule has 158 valence electrons. The van der Waals surface area contributed by atoms with Crippen LogP contribution in [0.1, 0.15) is 38.8 Å². The van der Waals surface area contributed by atoms with Crippen LogP contribution in [0.2, 0.25) is 0 Å². The molecular weight excluding hydrogens is 460 g/mol. The number of halogens is 1. The zero-order valence-corrected chi connectivity index (χ0v) is 20.4. The van der Waals surface area contributed by atoms with E-state index in [0.29, 0.717) is 0 Å². The van der Waals surface area contributed by atoms with Crippen LogP contribution in [-0.2, 0) is 16.8 Å². The number of nitrogens with zero attached hydrogens (tertiary/aromatic N) is 3. The lowest BCUT2D eigenvalue weighted by molar-refractivity contribution is -0.113. The Hall–Kier alpha value is -2.12. The summed E-state index contributed by atoms with van der Waals surface area (Å²) in [4.78, 5) is 12.4. The van der Waals surface area contributed by atoms with Crippen LogP contribution in [0.3, 0.4) is 0 Å². The van der Waals surface area contributed by atoms with Crippen molar-refractivity contribution in [2.75, 3.05) is 11.1 Å². The molecule has 2 aromatic carbocycles. The van der Waals surface area contributed by atoms with Crippen LogP contribution in [0.5, 0.6) is 0 Å². The maximum absolute atomic E-state index is 12.4. The second kappa shape index (κ2) is 9.35. The molecule has 7 heteroatoms. The zero-order chi connectivity index (χ0) is 21.9. The third kappa shape index (κ3) is 5.32. The maximum Gasteiger partial charge on any atom is 0.234 e. The molecule has 5 nitrogen and oxygen atoms in total. The molecule has 0 saturated heterocycles. The fourth-order valence-corrected chi connectivity index (χ4v) is 4.37. The highest BCUT2D eigenvalue weighted by Crippen LogP contribution is 2.28. The van der Waals surface area contributed by atoms with E-state index in [-0.39, 0.29) is 17.1 Å². The van der Waals surface area contributed by atoms with Gasteiger partial charge in [-0.2, -0.15) is 0 Å². The van der Waals surface area contributed by atoms with E-state index in [1.165, 1.54) is 17.3 Å². The Kier molecular flexibility index (Phi) is 7.03. The van der Waals surface area contributed by atoms with Gasteiger partial charge < -0.3 is 9.88 Å². The average molecular weight is 487 g/mol. The Morgan fingerprint density at radius 3 is 2.43 bits per heavy atom. The first-order chi connectivity index (χ1) is 14.2. The molecule has 0 saturated carbocycles. The van der Waals surface area contributed by atoms with E-state index in [9.17, 15) is 4.79 Å². The summed E-state index contributed by atoms with van der Waals surface area (Å²) in [5.74, 6) is 1.04. The first-order valence-corrected chi connectivity index (χ1v) is 11.7. The number of benzene rings is 2. The SMILES string of the molecule is CCn1c(SCC(=O)Nc2ccc(Br)cc2C)nnc1-c1ccc(C(C)(C)C)cc1. The quantitative estimate of drug-likeness (QED) is 0.429. The number of carbonyl (C=O) groups is 1. The molecule has 3 aromatic rings. The largest absolute Gasteiger partial charge is 0.325 e. The first-order valence-electron chi connectivity index (χ1n) is 9.92. The average Bonchev–Trinajstić information content (AvgIpc) is 3.11. The van der Waals surface area contributed by atoms with Gasteiger partial charge in [0, 0.05) is 22.3 Å². The smallest absolute Gasteiger partial charge is 0.234 e. The van der Waals surface area contributed by atoms with Crippen molar-refractivity contribution in [3.8, 4) is 11.4 Å². The molecule has 0 spiro atoms. The highest BCUT2D eigenvalue weighted by Gasteiger charge is 2.17. The third-order valence-corrected chi connectivity index (χ3v) is 6.30. The molecule has 0 unspecified atom stereocenters. The molecule has 0 fully saturated rings. The number of amides is 1. The number of carbonyl (C=O) groups excluding carboxylic acids is 1. The molecule has 0 radical (unpaired) electrons. The van der Waals surface area contributed by atoms with Crippen LogP contribution < -0.4 is 5.32 Å². The van der Waals surface area contributed by atoms with Gasteiger partial charge in [-0.05, 0) is 48.6 Å². The van der Waals surface area contributed by atoms with Crippen molar-refractivity contribution < 1.29 is 4.79 Å². The lowest BCUT2D eigenvalue weighted by Gasteiger charge is -2.19. The summed E-state index contributed by atoms with van der Waals surface area (Å²) in [5, 5.41) is 12.4. The number of hydrogen-bond donors (Lipinski definition) is 1. The second-order valence-corrected chi connectivity index (χ2v) is 10.0. The third-order valence-electron chi connectivity index (χ3n) is 4.84. The molecule has 30 heavy (non-hydrogen) atoms. The molecule has 1 heterocycles. The predicted octanol–water partition coefficient (Wildman–Crippen LogP) is 6.06. The molecular formula is C23H27BrN4OS. The molecule has 0 aliphatic heterocycles. The second-order valence-electron chi connectivity index (χ2n) is 8.17. The van der Waals surface area contributed by atoms with Gasteiger partial charge in [-0.15, -0.1) is 10.2 Å². The van der Waals surface area contributed by atoms with Crippen LogP contribution in [0.25, 0.3) is 11.4 Å². The summed E-state index contributed by atoms with van der Waals surface area (Å²) in [7, 11) is 0. The lowest BCUT2D eigenvalue weighted by Crippen LogP contribution is -2.15. The topological polar surface area (TPSA) is 59.8 Å². The molecule has 3 rings (SSSR count). The minimum atomic E-state index is -0.0628. The normalized spacial score (nSPS) is 11.5. The van der Waals surface area contributed by atoms with Gasteiger partial charge in [-0.1, -0.05) is 72.7 Å². The number of thioether (sulfide) groups is 1. The van der Waals surface area contributed by atoms with E-state index < -0.39 is 0 Å². The Labute approximate surface area is 190 Å². The van der Waals surface area contributed by atoms with Crippen molar-refractivity contribution >= 4 is 39.3 Å². The number of hydrogen-bond acceptors (Lipinski definition) is 4. The first kappa shape index (κ1) is 22.6. The Bertz CT molecular complexity index is 1040. The monoisotopic (exact) mass is 486 g/mol. The molecule has 0 aliphatic rings. The molecule has 0 bridgehead atoms. The number of nitrogens with one attached hydrogen (secondary N) is 1. The van der Waals surface area contributed by atoms with Crippen LogP contribution >= 0.6 is 27.7 Å². The Morgan fingerprint density at radius 2 is 1.83 bits per heavy atom. The van der Waals surface area contributed by atoms with Crippen molar-refractivity contribution in [2.45, 2.75) is 51.7 Å². The summed E-state index contributed by atoms with van der Waals surface area (Å²) in [6.45, 7) is 11.4. The van der Waals surface area contributed by atoms with Crippen LogP contribution in [0.4, 0.5) is 5.69 Å². The summed E-state index contributed by atoms with van der Waals surface area (Å²) < 4.78 is 3.04. The standard InChI is InChI=1S/C23H27BrN4OS/c1-6-28-21(16-7-9-17(10-8-16)23(3,4)5)26-27-22(28)30-14-20(29)25-19-12-11-18(24)13-15(19)2/h7-13H,6,14H2,1-5H3,(H,25,29). The minimum Gasteiger partial charge on any atom is -0.325 e. The summed E-state index contributed by atoms with van der Waals surface area (Å²) in [6, 6.07) is 14.3. The summed E-state index contributed by atoms with van der Waals surface area (Å²) >= 11 is 4.84. The number of anilines is 1. The van der Waals surface area contributed by atoms with Gasteiger partial charge in [0.05, 0.1) is 5.75 Å². The Morgan fingerprint density at radius 1 is 1.13 bits per heavy atom. The fourth-order valence-electron chi connectivity index (χ4n) is 3.10. The minimum absolute atomic E-state index is 0.0628. The highest BCUT2D eigenvalue weighted by atomic mass is 79.9. The van der Waals surface area contributed by atoms with Crippen LogP contribution in [-0.4, -0.2) is 26.4 Å². The number of rotatable bonds is 6. The summed E-state index contributed by atoms with van der Waals surface area (Å²) in [5.41, 5.74) is 4.25. The maximum atomic E-state index is 12.4. The van der Waals surface area contributed by atoms with Crippen LogP contribution in [0.15, 0.2) is 52.1 Å². The number of aryl methyl sites for hydroxylation is 1. The van der Waals surface area contributed by atoms with E-state index in [1.807, 2.05) is 25.1 Å². The van der Waals surface area contributed by atoms with Crippen molar-refractivity contribution in [3.05, 3.63) is 58.1 Å². The van der Waals surface area contributed by atoms with Crippen LogP contribution in [0, 0.1) is 6.92 Å². The van der Waals surface area contributed by atoms with Gasteiger partial charge in [-0.25, -0.2) is 0 Å². The molecule has 0 atom stereocenters. The molecule has 0 aliphatic carbocycles.